The van der Waals surface area contributed by atoms with Crippen LogP contribution in [0.5, 0.6) is 0 Å². The van der Waals surface area contributed by atoms with E-state index in [0.717, 1.165) is 0 Å². The minimum atomic E-state index is -2.08. The molecule has 0 heterocycles. The van der Waals surface area contributed by atoms with Crippen molar-refractivity contribution in [1.82, 2.24) is 0 Å². The Labute approximate surface area is 108 Å². The fourth-order valence-corrected chi connectivity index (χ4v) is 14.4. The molecule has 16 heavy (non-hydrogen) atoms. The predicted molar refractivity (Wildman–Crippen MR) is 76.6 cm³/mol. The Balaban J connectivity index is 4.48. The second kappa shape index (κ2) is 8.17. The molecule has 0 amide bonds. The van der Waals surface area contributed by atoms with Crippen LogP contribution in [0.15, 0.2) is 0 Å². The molecule has 0 rings (SSSR count). The van der Waals surface area contributed by atoms with Crippen LogP contribution in [0, 0.1) is 0 Å². The van der Waals surface area contributed by atoms with Crippen molar-refractivity contribution in [2.75, 3.05) is 0 Å². The molecule has 0 radical (unpaired) electrons. The molecular formula is C12H30Ge2O2. The van der Waals surface area contributed by atoms with E-state index in [1.165, 1.54) is 31.5 Å². The summed E-state index contributed by atoms with van der Waals surface area (Å²) in [5, 5.41) is 7.35. The monoisotopic (exact) mass is 354 g/mol. The van der Waals surface area contributed by atoms with E-state index >= 15 is 0 Å². The van der Waals surface area contributed by atoms with Gasteiger partial charge in [0.05, 0.1) is 0 Å². The van der Waals surface area contributed by atoms with Gasteiger partial charge in [-0.25, -0.2) is 0 Å². The molecule has 0 bridgehead atoms. The second-order valence-corrected chi connectivity index (χ2v) is 24.2. The third-order valence-corrected chi connectivity index (χ3v) is 23.1. The van der Waals surface area contributed by atoms with Gasteiger partial charge in [0, 0.05) is 0 Å². The van der Waals surface area contributed by atoms with Crippen LogP contribution in [0.1, 0.15) is 41.5 Å². The summed E-state index contributed by atoms with van der Waals surface area (Å²) in [6.07, 6.45) is 0. The molecule has 0 unspecified atom stereocenters. The molecule has 0 aromatic heterocycles. The van der Waals surface area contributed by atoms with Gasteiger partial charge in [0.1, 0.15) is 0 Å². The summed E-state index contributed by atoms with van der Waals surface area (Å²) in [7, 11) is 0. The van der Waals surface area contributed by atoms with Crippen molar-refractivity contribution in [3.63, 3.8) is 0 Å². The Bertz CT molecular complexity index is 141. The molecule has 4 heteroatoms. The Morgan fingerprint density at radius 3 is 0.812 bits per heavy atom. The number of rotatable bonds is 9. The van der Waals surface area contributed by atoms with E-state index in [1.807, 2.05) is 0 Å². The average Bonchev–Trinajstić information content (AvgIpc) is 2.37. The van der Waals surface area contributed by atoms with Crippen molar-refractivity contribution in [3.05, 3.63) is 0 Å². The van der Waals surface area contributed by atoms with Crippen LogP contribution in [0.2, 0.25) is 31.5 Å². The molecule has 0 aromatic carbocycles. The first kappa shape index (κ1) is 17.0. The van der Waals surface area contributed by atoms with Gasteiger partial charge >= 0.3 is 108 Å². The standard InChI is InChI=1S/C12H30Ge2O2/c1-7-13(8-2,9-3)15-16-14(10-4,11-5)12-6/h7-12H2,1-6H3. The molecule has 0 aliphatic rings. The molecule has 0 spiro atoms. The Morgan fingerprint density at radius 1 is 0.500 bits per heavy atom. The third kappa shape index (κ3) is 4.35. The normalized spacial score (nSPS) is 13.1. The van der Waals surface area contributed by atoms with Gasteiger partial charge in [-0.1, -0.05) is 0 Å². The van der Waals surface area contributed by atoms with E-state index in [4.69, 9.17) is 7.83 Å². The first-order valence-corrected chi connectivity index (χ1v) is 17.6. The molecule has 0 atom stereocenters. The molecule has 0 aliphatic heterocycles. The average molecular weight is 352 g/mol. The van der Waals surface area contributed by atoms with Gasteiger partial charge in [-0.3, -0.25) is 0 Å². The van der Waals surface area contributed by atoms with Gasteiger partial charge < -0.3 is 0 Å². The first-order valence-electron chi connectivity index (χ1n) is 6.94. The molecular weight excluding hydrogens is 321 g/mol. The zero-order valence-corrected chi connectivity index (χ0v) is 16.3. The van der Waals surface area contributed by atoms with Gasteiger partial charge in [0.2, 0.25) is 0 Å². The van der Waals surface area contributed by atoms with E-state index < -0.39 is 27.2 Å². The van der Waals surface area contributed by atoms with Crippen LogP contribution < -0.4 is 0 Å². The molecule has 0 aliphatic carbocycles. The molecule has 2 nitrogen and oxygen atoms in total. The maximum absolute atomic E-state index is 6.09. The van der Waals surface area contributed by atoms with Crippen molar-refractivity contribution in [3.8, 4) is 0 Å². The molecule has 0 saturated carbocycles. The van der Waals surface area contributed by atoms with Crippen molar-refractivity contribution < 1.29 is 7.83 Å². The molecule has 0 aromatic rings. The van der Waals surface area contributed by atoms with Gasteiger partial charge in [-0.05, 0) is 0 Å². The number of hydrogen-bond acceptors (Lipinski definition) is 2. The van der Waals surface area contributed by atoms with E-state index in [0.29, 0.717) is 0 Å². The first-order chi connectivity index (χ1) is 7.57. The number of hydrogen-bond donors (Lipinski definition) is 0. The Kier molecular flexibility index (Phi) is 8.68. The zero-order valence-electron chi connectivity index (χ0n) is 12.1. The van der Waals surface area contributed by atoms with Crippen LogP contribution in [-0.2, 0) is 7.83 Å². The summed E-state index contributed by atoms with van der Waals surface area (Å²) in [6, 6.07) is 0. The minimum absolute atomic E-state index is 1.22. The van der Waals surface area contributed by atoms with Gasteiger partial charge in [-0.2, -0.15) is 0 Å². The Hall–Kier alpha value is 1.01. The summed E-state index contributed by atoms with van der Waals surface area (Å²) < 4.78 is 12.2. The van der Waals surface area contributed by atoms with Gasteiger partial charge in [0.25, 0.3) is 0 Å². The van der Waals surface area contributed by atoms with E-state index in [1.54, 1.807) is 0 Å². The van der Waals surface area contributed by atoms with Crippen molar-refractivity contribution in [1.29, 1.82) is 0 Å². The quantitative estimate of drug-likeness (QED) is 0.332. The molecule has 0 fully saturated rings. The summed E-state index contributed by atoms with van der Waals surface area (Å²) in [6.45, 7) is 13.6. The molecule has 0 N–H and O–H groups in total. The summed E-state index contributed by atoms with van der Waals surface area (Å²) in [5.41, 5.74) is 0. The third-order valence-electron chi connectivity index (χ3n) is 4.26. The van der Waals surface area contributed by atoms with E-state index in [-0.39, 0.29) is 0 Å². The second-order valence-electron chi connectivity index (χ2n) is 4.65. The van der Waals surface area contributed by atoms with E-state index in [2.05, 4.69) is 41.5 Å². The Morgan fingerprint density at radius 2 is 0.688 bits per heavy atom. The van der Waals surface area contributed by atoms with Crippen LogP contribution in [0.25, 0.3) is 0 Å². The van der Waals surface area contributed by atoms with Crippen LogP contribution in [0.4, 0.5) is 0 Å². The van der Waals surface area contributed by atoms with Crippen molar-refractivity contribution >= 4 is 27.2 Å². The van der Waals surface area contributed by atoms with Gasteiger partial charge in [-0.15, -0.1) is 0 Å². The SMILES string of the molecule is C[CH2][Ge]([CH2]C)([CH2]C)[O][O][Ge]([CH2]C)([CH2]C)[CH2]C. The fraction of sp³-hybridized carbons (Fsp3) is 1.00. The summed E-state index contributed by atoms with van der Waals surface area (Å²) in [4.78, 5) is 0. The molecule has 98 valence electrons. The predicted octanol–water partition coefficient (Wildman–Crippen LogP) is 4.95. The van der Waals surface area contributed by atoms with Crippen molar-refractivity contribution in [2.24, 2.45) is 0 Å². The van der Waals surface area contributed by atoms with Crippen LogP contribution >= 0.6 is 0 Å². The maximum atomic E-state index is 6.09. The summed E-state index contributed by atoms with van der Waals surface area (Å²) >= 11 is -4.16. The van der Waals surface area contributed by atoms with Crippen molar-refractivity contribution in [2.45, 2.75) is 73.1 Å². The van der Waals surface area contributed by atoms with E-state index in [9.17, 15) is 0 Å². The summed E-state index contributed by atoms with van der Waals surface area (Å²) in [5.74, 6) is 0. The topological polar surface area (TPSA) is 18.5 Å². The van der Waals surface area contributed by atoms with Gasteiger partial charge in [0.15, 0.2) is 0 Å². The van der Waals surface area contributed by atoms with Crippen LogP contribution in [0.3, 0.4) is 0 Å². The fourth-order valence-electron chi connectivity index (χ4n) is 2.03. The zero-order chi connectivity index (χ0) is 12.7. The van der Waals surface area contributed by atoms with Crippen LogP contribution in [-0.4, -0.2) is 27.2 Å². The molecule has 0 saturated heterocycles.